The predicted molar refractivity (Wildman–Crippen MR) is 105 cm³/mol. The van der Waals surface area contributed by atoms with Crippen LogP contribution in [0.2, 0.25) is 0 Å². The van der Waals surface area contributed by atoms with Gasteiger partial charge in [-0.2, -0.15) is 9.57 Å². The average Bonchev–Trinajstić information content (AvgIpc) is 2.73. The highest BCUT2D eigenvalue weighted by Crippen LogP contribution is 2.19. The van der Waals surface area contributed by atoms with Crippen molar-refractivity contribution in [3.8, 4) is 6.07 Å². The van der Waals surface area contributed by atoms with Crippen LogP contribution in [0.4, 0.5) is 0 Å². The maximum absolute atomic E-state index is 12.7. The molecule has 0 unspecified atom stereocenters. The molecule has 2 aliphatic rings. The molecule has 0 spiro atoms. The number of carbonyl (C=O) groups is 1. The molecule has 1 aliphatic heterocycles. The van der Waals surface area contributed by atoms with Crippen molar-refractivity contribution in [1.29, 1.82) is 5.26 Å². The number of nitriles is 1. The summed E-state index contributed by atoms with van der Waals surface area (Å²) in [5.41, 5.74) is 0.0740. The Bertz CT molecular complexity index is 847. The summed E-state index contributed by atoms with van der Waals surface area (Å²) in [7, 11) is -3.51. The number of benzene rings is 1. The van der Waals surface area contributed by atoms with Crippen LogP contribution in [0, 0.1) is 11.3 Å². The van der Waals surface area contributed by atoms with Gasteiger partial charge in [0.15, 0.2) is 0 Å². The molecule has 0 bridgehead atoms. The molecule has 28 heavy (non-hydrogen) atoms. The molecule has 0 aromatic heterocycles. The van der Waals surface area contributed by atoms with E-state index in [1.165, 1.54) is 10.7 Å². The molecule has 8 heteroatoms. The normalized spacial score (nSPS) is 19.8. The van der Waals surface area contributed by atoms with Gasteiger partial charge in [0.05, 0.1) is 4.90 Å². The van der Waals surface area contributed by atoms with Crippen molar-refractivity contribution >= 4 is 15.9 Å². The summed E-state index contributed by atoms with van der Waals surface area (Å²) in [6.07, 6.45) is 6.89. The van der Waals surface area contributed by atoms with E-state index in [0.717, 1.165) is 25.7 Å². The van der Waals surface area contributed by atoms with Crippen LogP contribution in [0.5, 0.6) is 0 Å². The zero-order valence-electron chi connectivity index (χ0n) is 15.9. The van der Waals surface area contributed by atoms with E-state index in [1.54, 1.807) is 36.5 Å². The van der Waals surface area contributed by atoms with Gasteiger partial charge in [0.25, 0.3) is 5.91 Å². The van der Waals surface area contributed by atoms with Crippen molar-refractivity contribution in [3.05, 3.63) is 42.1 Å². The van der Waals surface area contributed by atoms with Crippen molar-refractivity contribution in [2.75, 3.05) is 26.2 Å². The molecular weight excluding hydrogens is 376 g/mol. The van der Waals surface area contributed by atoms with E-state index < -0.39 is 10.0 Å². The Labute approximate surface area is 166 Å². The van der Waals surface area contributed by atoms with E-state index >= 15 is 0 Å². The highest BCUT2D eigenvalue weighted by molar-refractivity contribution is 7.89. The minimum atomic E-state index is -3.51. The third-order valence-electron chi connectivity index (χ3n) is 5.27. The number of nitrogens with one attached hydrogen (secondary N) is 1. The first-order valence-corrected chi connectivity index (χ1v) is 11.2. The molecule has 1 N–H and O–H groups in total. The fourth-order valence-corrected chi connectivity index (χ4v) is 5.09. The molecule has 2 fully saturated rings. The van der Waals surface area contributed by atoms with Gasteiger partial charge in [-0.1, -0.05) is 37.5 Å². The summed E-state index contributed by atoms with van der Waals surface area (Å²) < 4.78 is 26.8. The Hall–Kier alpha value is -2.37. The van der Waals surface area contributed by atoms with E-state index in [1.807, 2.05) is 11.0 Å². The second-order valence-corrected chi connectivity index (χ2v) is 9.15. The average molecular weight is 403 g/mol. The predicted octanol–water partition coefficient (Wildman–Crippen LogP) is 1.85. The van der Waals surface area contributed by atoms with Gasteiger partial charge in [0.1, 0.15) is 11.6 Å². The Morgan fingerprint density at radius 3 is 2.32 bits per heavy atom. The smallest absolute Gasteiger partial charge is 0.263 e. The molecule has 0 radical (unpaired) electrons. The first-order chi connectivity index (χ1) is 13.5. The molecule has 1 heterocycles. The number of sulfonamides is 1. The third-order valence-corrected chi connectivity index (χ3v) is 7.18. The lowest BCUT2D eigenvalue weighted by atomic mass is 9.95. The van der Waals surface area contributed by atoms with Gasteiger partial charge in [0.2, 0.25) is 10.0 Å². The number of amides is 1. The number of nitrogens with zero attached hydrogens (tertiary/aromatic N) is 3. The van der Waals surface area contributed by atoms with Gasteiger partial charge in [-0.05, 0) is 25.0 Å². The van der Waals surface area contributed by atoms with Crippen molar-refractivity contribution in [2.45, 2.75) is 43.0 Å². The Morgan fingerprint density at radius 2 is 1.71 bits per heavy atom. The Morgan fingerprint density at radius 1 is 1.07 bits per heavy atom. The van der Waals surface area contributed by atoms with Crippen LogP contribution < -0.4 is 5.32 Å². The standard InChI is InChI=1S/C20H26N4O3S/c21-15-17(20(25)22-18-7-3-1-4-8-18)16-23-11-13-24(14-12-23)28(26,27)19-9-5-2-6-10-19/h2,5-6,9-10,16,18H,1,3-4,7-8,11-14H2,(H,22,25)/b17-16-. The van der Waals surface area contributed by atoms with Gasteiger partial charge in [0, 0.05) is 38.4 Å². The number of hydrogen-bond acceptors (Lipinski definition) is 5. The van der Waals surface area contributed by atoms with Crippen molar-refractivity contribution in [3.63, 3.8) is 0 Å². The van der Waals surface area contributed by atoms with Gasteiger partial charge in [-0.3, -0.25) is 4.79 Å². The van der Waals surface area contributed by atoms with Gasteiger partial charge in [-0.15, -0.1) is 0 Å². The van der Waals surface area contributed by atoms with Crippen molar-refractivity contribution < 1.29 is 13.2 Å². The van der Waals surface area contributed by atoms with Crippen molar-refractivity contribution in [1.82, 2.24) is 14.5 Å². The summed E-state index contributed by atoms with van der Waals surface area (Å²) in [5, 5.41) is 12.3. The number of piperazine rings is 1. The Balaban J connectivity index is 1.59. The number of hydrogen-bond donors (Lipinski definition) is 1. The molecular formula is C20H26N4O3S. The third kappa shape index (κ3) is 4.91. The summed E-state index contributed by atoms with van der Waals surface area (Å²) >= 11 is 0. The van der Waals surface area contributed by atoms with E-state index in [9.17, 15) is 18.5 Å². The SMILES string of the molecule is N#C/C(=C/N1CCN(S(=O)(=O)c2ccccc2)CC1)C(=O)NC1CCCCC1. The van der Waals surface area contributed by atoms with Crippen LogP contribution >= 0.6 is 0 Å². The number of rotatable bonds is 5. The quantitative estimate of drug-likeness (QED) is 0.599. The zero-order chi connectivity index (χ0) is 20.0. The molecule has 150 valence electrons. The lowest BCUT2D eigenvalue weighted by molar-refractivity contribution is -0.118. The van der Waals surface area contributed by atoms with E-state index in [2.05, 4.69) is 5.32 Å². The van der Waals surface area contributed by atoms with Crippen molar-refractivity contribution in [2.24, 2.45) is 0 Å². The highest BCUT2D eigenvalue weighted by atomic mass is 32.2. The fraction of sp³-hybridized carbons (Fsp3) is 0.500. The van der Waals surface area contributed by atoms with Crippen LogP contribution in [-0.2, 0) is 14.8 Å². The molecule has 1 aliphatic carbocycles. The maximum atomic E-state index is 12.7. The highest BCUT2D eigenvalue weighted by Gasteiger charge is 2.28. The van der Waals surface area contributed by atoms with E-state index in [-0.39, 0.29) is 22.4 Å². The molecule has 1 aromatic rings. The van der Waals surface area contributed by atoms with E-state index in [4.69, 9.17) is 0 Å². The molecule has 0 atom stereocenters. The largest absolute Gasteiger partial charge is 0.373 e. The molecule has 1 saturated carbocycles. The van der Waals surface area contributed by atoms with Crippen LogP contribution in [0.3, 0.4) is 0 Å². The molecule has 1 saturated heterocycles. The van der Waals surface area contributed by atoms with E-state index in [0.29, 0.717) is 26.2 Å². The van der Waals surface area contributed by atoms with Crippen LogP contribution in [0.1, 0.15) is 32.1 Å². The lowest BCUT2D eigenvalue weighted by Gasteiger charge is -2.33. The minimum Gasteiger partial charge on any atom is -0.373 e. The monoisotopic (exact) mass is 402 g/mol. The second-order valence-electron chi connectivity index (χ2n) is 7.22. The van der Waals surface area contributed by atoms with Crippen LogP contribution in [0.15, 0.2) is 47.0 Å². The summed E-state index contributed by atoms with van der Waals surface area (Å²) in [5.74, 6) is -0.339. The molecule has 1 amide bonds. The van der Waals surface area contributed by atoms with Gasteiger partial charge in [-0.25, -0.2) is 8.42 Å². The number of carbonyl (C=O) groups excluding carboxylic acids is 1. The minimum absolute atomic E-state index is 0.0740. The van der Waals surface area contributed by atoms with Gasteiger partial charge < -0.3 is 10.2 Å². The first kappa shape index (κ1) is 20.4. The Kier molecular flexibility index (Phi) is 6.70. The summed E-state index contributed by atoms with van der Waals surface area (Å²) in [6, 6.07) is 10.5. The molecule has 1 aromatic carbocycles. The lowest BCUT2D eigenvalue weighted by Crippen LogP contribution is -2.47. The second kappa shape index (κ2) is 9.22. The van der Waals surface area contributed by atoms with Gasteiger partial charge >= 0.3 is 0 Å². The maximum Gasteiger partial charge on any atom is 0.263 e. The van der Waals surface area contributed by atoms with Crippen LogP contribution in [-0.4, -0.2) is 55.8 Å². The first-order valence-electron chi connectivity index (χ1n) is 9.73. The van der Waals surface area contributed by atoms with Crippen LogP contribution in [0.25, 0.3) is 0 Å². The summed E-state index contributed by atoms with van der Waals surface area (Å²) in [6.45, 7) is 1.51. The summed E-state index contributed by atoms with van der Waals surface area (Å²) in [4.78, 5) is 14.5. The molecule has 7 nitrogen and oxygen atoms in total. The zero-order valence-corrected chi connectivity index (χ0v) is 16.7. The topological polar surface area (TPSA) is 93.5 Å². The fourth-order valence-electron chi connectivity index (χ4n) is 3.65. The molecule has 3 rings (SSSR count).